The molecule has 6 nitrogen and oxygen atoms in total. The maximum atomic E-state index is 12.6. The molecular formula is C17H18N2O4S. The second kappa shape index (κ2) is 6.26. The fourth-order valence-electron chi connectivity index (χ4n) is 2.62. The van der Waals surface area contributed by atoms with Crippen LogP contribution in [-0.2, 0) is 10.0 Å². The lowest BCUT2D eigenvalue weighted by molar-refractivity contribution is 0.102. The van der Waals surface area contributed by atoms with Gasteiger partial charge in [0.25, 0.3) is 5.91 Å². The van der Waals surface area contributed by atoms with Crippen LogP contribution in [0.3, 0.4) is 0 Å². The number of para-hydroxylation sites is 2. The van der Waals surface area contributed by atoms with E-state index in [2.05, 4.69) is 5.32 Å². The van der Waals surface area contributed by atoms with Gasteiger partial charge in [-0.15, -0.1) is 0 Å². The van der Waals surface area contributed by atoms with Gasteiger partial charge in [0.15, 0.2) is 5.75 Å². The van der Waals surface area contributed by atoms with Gasteiger partial charge in [-0.05, 0) is 30.3 Å². The third-order valence-corrected chi connectivity index (χ3v) is 5.94. The summed E-state index contributed by atoms with van der Waals surface area (Å²) in [5, 5.41) is 2.74. The zero-order valence-electron chi connectivity index (χ0n) is 13.4. The predicted molar refractivity (Wildman–Crippen MR) is 91.0 cm³/mol. The molecule has 0 atom stereocenters. The van der Waals surface area contributed by atoms with Gasteiger partial charge in [0.05, 0.1) is 16.1 Å². The summed E-state index contributed by atoms with van der Waals surface area (Å²) in [7, 11) is -3.64. The highest BCUT2D eigenvalue weighted by Crippen LogP contribution is 2.36. The van der Waals surface area contributed by atoms with E-state index in [1.807, 2.05) is 0 Å². The van der Waals surface area contributed by atoms with E-state index >= 15 is 0 Å². The van der Waals surface area contributed by atoms with Gasteiger partial charge in [0, 0.05) is 13.1 Å². The first-order chi connectivity index (χ1) is 11.5. The van der Waals surface area contributed by atoms with Gasteiger partial charge >= 0.3 is 0 Å². The molecule has 3 rings (SSSR count). The lowest BCUT2D eigenvalue weighted by Gasteiger charge is -2.19. The van der Waals surface area contributed by atoms with Crippen molar-refractivity contribution in [1.82, 2.24) is 4.31 Å². The maximum absolute atomic E-state index is 12.6. The molecule has 0 aromatic heterocycles. The minimum atomic E-state index is -3.64. The Labute approximate surface area is 141 Å². The van der Waals surface area contributed by atoms with Gasteiger partial charge in [-0.1, -0.05) is 26.0 Å². The van der Waals surface area contributed by atoms with Crippen molar-refractivity contribution >= 4 is 21.6 Å². The first-order valence-corrected chi connectivity index (χ1v) is 9.13. The topological polar surface area (TPSA) is 75.7 Å². The van der Waals surface area contributed by atoms with E-state index in [-0.39, 0.29) is 10.5 Å². The zero-order chi connectivity index (χ0) is 17.3. The van der Waals surface area contributed by atoms with Crippen LogP contribution in [0.2, 0.25) is 0 Å². The summed E-state index contributed by atoms with van der Waals surface area (Å²) < 4.78 is 32.4. The number of carbonyl (C=O) groups is 1. The fraction of sp³-hybridized carbons (Fsp3) is 0.235. The molecule has 2 aromatic rings. The molecule has 0 unspecified atom stereocenters. The largest absolute Gasteiger partial charge is 0.454 e. The van der Waals surface area contributed by atoms with Crippen molar-refractivity contribution in [1.29, 1.82) is 0 Å². The molecule has 1 amide bonds. The molecule has 1 heterocycles. The van der Waals surface area contributed by atoms with Crippen LogP contribution in [0.1, 0.15) is 24.2 Å². The Bertz CT molecular complexity index is 889. The number of rotatable bonds is 4. The molecule has 126 valence electrons. The van der Waals surface area contributed by atoms with Gasteiger partial charge in [0.1, 0.15) is 5.75 Å². The molecule has 1 N–H and O–H groups in total. The number of benzene rings is 2. The van der Waals surface area contributed by atoms with Gasteiger partial charge in [0.2, 0.25) is 10.0 Å². The molecule has 0 spiro atoms. The van der Waals surface area contributed by atoms with E-state index in [0.717, 1.165) is 0 Å². The average Bonchev–Trinajstić information content (AvgIpc) is 2.71. The average molecular weight is 346 g/mol. The first-order valence-electron chi connectivity index (χ1n) is 7.69. The SMILES string of the molecule is CCN(CC)S(=O)(=O)c1ccc2c(c1)C(=O)Nc1ccccc1O2. The lowest BCUT2D eigenvalue weighted by atomic mass is 10.2. The maximum Gasteiger partial charge on any atom is 0.259 e. The normalized spacial score (nSPS) is 13.5. The Morgan fingerprint density at radius 3 is 2.46 bits per heavy atom. The second-order valence-electron chi connectivity index (χ2n) is 5.30. The van der Waals surface area contributed by atoms with Crippen LogP contribution in [0, 0.1) is 0 Å². The molecule has 24 heavy (non-hydrogen) atoms. The van der Waals surface area contributed by atoms with Crippen molar-refractivity contribution in [2.75, 3.05) is 18.4 Å². The molecule has 2 aromatic carbocycles. The number of nitrogens with one attached hydrogen (secondary N) is 1. The van der Waals surface area contributed by atoms with Crippen molar-refractivity contribution in [3.8, 4) is 11.5 Å². The van der Waals surface area contributed by atoms with Gasteiger partial charge < -0.3 is 10.1 Å². The summed E-state index contributed by atoms with van der Waals surface area (Å²) in [6, 6.07) is 11.4. The highest BCUT2D eigenvalue weighted by Gasteiger charge is 2.26. The fourth-order valence-corrected chi connectivity index (χ4v) is 4.10. The summed E-state index contributed by atoms with van der Waals surface area (Å²) in [5.74, 6) is 0.450. The lowest BCUT2D eigenvalue weighted by Crippen LogP contribution is -2.30. The molecule has 0 saturated heterocycles. The number of hydrogen-bond donors (Lipinski definition) is 1. The van der Waals surface area contributed by atoms with Crippen LogP contribution in [0.25, 0.3) is 0 Å². The van der Waals surface area contributed by atoms with Crippen LogP contribution in [0.15, 0.2) is 47.4 Å². The van der Waals surface area contributed by atoms with Crippen LogP contribution < -0.4 is 10.1 Å². The van der Waals surface area contributed by atoms with E-state index < -0.39 is 15.9 Å². The summed E-state index contributed by atoms with van der Waals surface area (Å²) in [5.41, 5.74) is 0.742. The van der Waals surface area contributed by atoms with Gasteiger partial charge in [-0.25, -0.2) is 8.42 Å². The smallest absolute Gasteiger partial charge is 0.259 e. The Balaban J connectivity index is 2.07. The first kappa shape index (κ1) is 16.5. The van der Waals surface area contributed by atoms with Crippen LogP contribution in [0.4, 0.5) is 5.69 Å². The highest BCUT2D eigenvalue weighted by atomic mass is 32.2. The number of hydrogen-bond acceptors (Lipinski definition) is 4. The van der Waals surface area contributed by atoms with Crippen molar-refractivity contribution in [3.63, 3.8) is 0 Å². The summed E-state index contributed by atoms with van der Waals surface area (Å²) >= 11 is 0. The summed E-state index contributed by atoms with van der Waals surface area (Å²) in [4.78, 5) is 12.5. The molecule has 1 aliphatic rings. The minimum Gasteiger partial charge on any atom is -0.454 e. The Morgan fingerprint density at radius 2 is 1.75 bits per heavy atom. The highest BCUT2D eigenvalue weighted by molar-refractivity contribution is 7.89. The van der Waals surface area contributed by atoms with Crippen molar-refractivity contribution < 1.29 is 17.9 Å². The van der Waals surface area contributed by atoms with Crippen molar-refractivity contribution in [2.45, 2.75) is 18.7 Å². The monoisotopic (exact) mass is 346 g/mol. The quantitative estimate of drug-likeness (QED) is 0.923. The standard InChI is InChI=1S/C17H18N2O4S/c1-3-19(4-2)24(21,22)12-9-10-15-13(11-12)17(20)18-14-7-5-6-8-16(14)23-15/h5-11H,3-4H2,1-2H3,(H,18,20). The molecule has 7 heteroatoms. The third kappa shape index (κ3) is 2.76. The molecule has 1 aliphatic heterocycles. The number of sulfonamides is 1. The van der Waals surface area contributed by atoms with Crippen molar-refractivity contribution in [2.24, 2.45) is 0 Å². The Kier molecular flexibility index (Phi) is 4.29. The second-order valence-corrected chi connectivity index (χ2v) is 7.24. The predicted octanol–water partition coefficient (Wildman–Crippen LogP) is 3.08. The molecule has 0 saturated carbocycles. The number of carbonyl (C=O) groups excluding carboxylic acids is 1. The Morgan fingerprint density at radius 1 is 1.04 bits per heavy atom. The third-order valence-electron chi connectivity index (χ3n) is 3.89. The number of ether oxygens (including phenoxy) is 1. The van der Waals surface area contributed by atoms with Gasteiger partial charge in [-0.2, -0.15) is 4.31 Å². The van der Waals surface area contributed by atoms with E-state index in [1.54, 1.807) is 38.1 Å². The van der Waals surface area contributed by atoms with Crippen LogP contribution in [0.5, 0.6) is 11.5 Å². The Hall–Kier alpha value is -2.38. The molecule has 0 fully saturated rings. The van der Waals surface area contributed by atoms with Gasteiger partial charge in [-0.3, -0.25) is 4.79 Å². The van der Waals surface area contributed by atoms with Crippen LogP contribution >= 0.6 is 0 Å². The van der Waals surface area contributed by atoms with E-state index in [9.17, 15) is 13.2 Å². The van der Waals surface area contributed by atoms with Crippen LogP contribution in [-0.4, -0.2) is 31.7 Å². The molecule has 0 radical (unpaired) electrons. The molecule has 0 bridgehead atoms. The van der Waals surface area contributed by atoms with E-state index in [1.165, 1.54) is 22.5 Å². The number of anilines is 1. The van der Waals surface area contributed by atoms with E-state index in [0.29, 0.717) is 30.3 Å². The summed E-state index contributed by atoms with van der Waals surface area (Å²) in [6.45, 7) is 4.28. The number of nitrogens with zero attached hydrogens (tertiary/aromatic N) is 1. The number of amides is 1. The zero-order valence-corrected chi connectivity index (χ0v) is 14.3. The van der Waals surface area contributed by atoms with E-state index in [4.69, 9.17) is 4.74 Å². The number of fused-ring (bicyclic) bond motifs is 2. The minimum absolute atomic E-state index is 0.0784. The molecular weight excluding hydrogens is 328 g/mol. The molecule has 0 aliphatic carbocycles. The van der Waals surface area contributed by atoms with Crippen molar-refractivity contribution in [3.05, 3.63) is 48.0 Å². The summed E-state index contributed by atoms with van der Waals surface area (Å²) in [6.07, 6.45) is 0.